The summed E-state index contributed by atoms with van der Waals surface area (Å²) >= 11 is 0. The molecule has 0 aliphatic carbocycles. The highest BCUT2D eigenvalue weighted by atomic mass is 28.3. The van der Waals surface area contributed by atoms with Crippen LogP contribution >= 0.6 is 0 Å². The maximum atomic E-state index is 2.59. The van der Waals surface area contributed by atoms with E-state index in [1.807, 2.05) is 0 Å². The normalized spacial score (nSPS) is 14.3. The first-order valence-electron chi connectivity index (χ1n) is 21.3. The van der Waals surface area contributed by atoms with Crippen molar-refractivity contribution in [3.63, 3.8) is 0 Å². The van der Waals surface area contributed by atoms with Crippen LogP contribution in [0.3, 0.4) is 0 Å². The molecular formula is C58H44Si2. The Hall–Kier alpha value is -6.59. The van der Waals surface area contributed by atoms with Crippen molar-refractivity contribution in [2.24, 2.45) is 0 Å². The van der Waals surface area contributed by atoms with Gasteiger partial charge in [-0.1, -0.05) is 220 Å². The van der Waals surface area contributed by atoms with Crippen LogP contribution in [-0.2, 0) is 0 Å². The Labute approximate surface area is 354 Å². The molecule has 0 saturated heterocycles. The third kappa shape index (κ3) is 5.02. The van der Waals surface area contributed by atoms with Crippen LogP contribution < -0.4 is 20.7 Å². The van der Waals surface area contributed by atoms with Gasteiger partial charge in [0.25, 0.3) is 0 Å². The van der Waals surface area contributed by atoms with Crippen LogP contribution in [-0.4, -0.2) is 16.1 Å². The minimum absolute atomic E-state index is 1.25. The van der Waals surface area contributed by atoms with Gasteiger partial charge in [0.1, 0.15) is 16.1 Å². The fraction of sp³-hybridized carbons (Fsp3) is 0.0690. The Kier molecular flexibility index (Phi) is 7.64. The first-order valence-corrected chi connectivity index (χ1v) is 27.3. The van der Waals surface area contributed by atoms with Crippen molar-refractivity contribution >= 4 is 69.2 Å². The first kappa shape index (κ1) is 35.4. The maximum Gasteiger partial charge on any atom is 0.113 e. The molecule has 2 heteroatoms. The van der Waals surface area contributed by atoms with Crippen molar-refractivity contribution < 1.29 is 0 Å². The average molecular weight is 797 g/mol. The smallest absolute Gasteiger partial charge is 0.0622 e. The molecule has 10 aromatic rings. The van der Waals surface area contributed by atoms with Crippen LogP contribution in [0.5, 0.6) is 0 Å². The molecule has 0 fully saturated rings. The van der Waals surface area contributed by atoms with Gasteiger partial charge in [-0.05, 0) is 120 Å². The lowest BCUT2D eigenvalue weighted by Gasteiger charge is -2.39. The Balaban J connectivity index is 1.05. The Bertz CT molecular complexity index is 3180. The predicted molar refractivity (Wildman–Crippen MR) is 265 cm³/mol. The standard InChI is InChI=1S/C58H44Si2/c1-59(2)51-33-34-52-58-50(48-30-26-42(36-54(48)60(52,3)4)56-44-22-14-12-20-40(44)24-28-46(56)38-17-9-6-10-18-38)32-31-49(57(51)58)47-29-25-41(35-53(47)59)55-43-21-13-11-19-39(43)23-27-45(55)37-15-7-5-8-16-37/h5-36H,1-4H3. The van der Waals surface area contributed by atoms with Crippen molar-refractivity contribution in [3.05, 3.63) is 194 Å². The summed E-state index contributed by atoms with van der Waals surface area (Å²) in [5.41, 5.74) is 16.0. The van der Waals surface area contributed by atoms with Crippen molar-refractivity contribution in [3.8, 4) is 66.8 Å². The van der Waals surface area contributed by atoms with Crippen molar-refractivity contribution in [2.45, 2.75) is 26.2 Å². The fourth-order valence-electron chi connectivity index (χ4n) is 11.1. The molecule has 0 atom stereocenters. The van der Waals surface area contributed by atoms with E-state index in [1.165, 1.54) is 109 Å². The largest absolute Gasteiger partial charge is 0.113 e. The van der Waals surface area contributed by atoms with E-state index < -0.39 is 16.1 Å². The van der Waals surface area contributed by atoms with Gasteiger partial charge in [0.2, 0.25) is 0 Å². The van der Waals surface area contributed by atoms with Crippen molar-refractivity contribution in [2.75, 3.05) is 0 Å². The third-order valence-electron chi connectivity index (χ3n) is 14.1. The lowest BCUT2D eigenvalue weighted by Crippen LogP contribution is -2.59. The van der Waals surface area contributed by atoms with Gasteiger partial charge in [0, 0.05) is 0 Å². The summed E-state index contributed by atoms with van der Waals surface area (Å²) in [6.45, 7) is 10.3. The van der Waals surface area contributed by atoms with Gasteiger partial charge in [-0.2, -0.15) is 0 Å². The van der Waals surface area contributed by atoms with E-state index >= 15 is 0 Å². The van der Waals surface area contributed by atoms with E-state index in [1.54, 1.807) is 10.4 Å². The zero-order chi connectivity index (χ0) is 40.3. The highest BCUT2D eigenvalue weighted by molar-refractivity contribution is 7.05. The maximum absolute atomic E-state index is 2.59. The number of rotatable bonds is 4. The van der Waals surface area contributed by atoms with Gasteiger partial charge < -0.3 is 0 Å². The molecule has 0 unspecified atom stereocenters. The molecule has 0 saturated carbocycles. The first-order chi connectivity index (χ1) is 29.3. The quantitative estimate of drug-likeness (QED) is 0.156. The molecule has 0 N–H and O–H groups in total. The summed E-state index contributed by atoms with van der Waals surface area (Å²) in [6.07, 6.45) is 0. The van der Waals surface area contributed by atoms with E-state index in [-0.39, 0.29) is 0 Å². The molecule has 60 heavy (non-hydrogen) atoms. The molecule has 284 valence electrons. The van der Waals surface area contributed by atoms with E-state index in [4.69, 9.17) is 0 Å². The van der Waals surface area contributed by atoms with Crippen LogP contribution in [0, 0.1) is 0 Å². The highest BCUT2D eigenvalue weighted by Crippen LogP contribution is 2.45. The molecule has 2 aliphatic rings. The second kappa shape index (κ2) is 13.0. The molecule has 2 heterocycles. The minimum atomic E-state index is -2.17. The van der Waals surface area contributed by atoms with Gasteiger partial charge in [0.05, 0.1) is 0 Å². The van der Waals surface area contributed by atoms with Crippen LogP contribution in [0.1, 0.15) is 0 Å². The Morgan fingerprint density at radius 1 is 0.267 bits per heavy atom. The molecule has 2 aliphatic heterocycles. The van der Waals surface area contributed by atoms with E-state index in [0.717, 1.165) is 0 Å². The molecule has 0 amide bonds. The molecule has 0 bridgehead atoms. The summed E-state index contributed by atoms with van der Waals surface area (Å²) in [4.78, 5) is 0. The summed E-state index contributed by atoms with van der Waals surface area (Å²) in [5, 5.41) is 14.4. The lowest BCUT2D eigenvalue weighted by molar-refractivity contribution is 1.58. The molecule has 10 aromatic carbocycles. The SMILES string of the molecule is C[Si]1(C)c2cc(-c3c(-c4ccccc4)ccc4ccccc34)ccc2-c2ccc3c4c(ccc1c24)[Si](C)(C)c1cc(-c2c(-c4ccccc4)ccc4ccccc24)ccc1-3. The number of hydrogen-bond acceptors (Lipinski definition) is 0. The van der Waals surface area contributed by atoms with Gasteiger partial charge in [-0.15, -0.1) is 0 Å². The lowest BCUT2D eigenvalue weighted by atomic mass is 9.87. The van der Waals surface area contributed by atoms with E-state index in [0.29, 0.717) is 0 Å². The van der Waals surface area contributed by atoms with Gasteiger partial charge in [-0.3, -0.25) is 0 Å². The molecular weight excluding hydrogens is 753 g/mol. The molecule has 0 aromatic heterocycles. The topological polar surface area (TPSA) is 0 Å². The number of fused-ring (bicyclic) bond motifs is 6. The van der Waals surface area contributed by atoms with Crippen LogP contribution in [0.2, 0.25) is 26.2 Å². The third-order valence-corrected chi connectivity index (χ3v) is 21.1. The molecule has 0 radical (unpaired) electrons. The van der Waals surface area contributed by atoms with Gasteiger partial charge >= 0.3 is 0 Å². The van der Waals surface area contributed by atoms with Gasteiger partial charge in [-0.25, -0.2) is 0 Å². The second-order valence-electron chi connectivity index (χ2n) is 18.0. The summed E-state index contributed by atoms with van der Waals surface area (Å²) in [6, 6.07) is 73.7. The molecule has 12 rings (SSSR count). The molecule has 0 nitrogen and oxygen atoms in total. The van der Waals surface area contributed by atoms with Crippen LogP contribution in [0.4, 0.5) is 0 Å². The number of hydrogen-bond donors (Lipinski definition) is 0. The summed E-state index contributed by atoms with van der Waals surface area (Å²) in [5.74, 6) is 0. The fourth-order valence-corrected chi connectivity index (χ4v) is 17.2. The van der Waals surface area contributed by atoms with Gasteiger partial charge in [0.15, 0.2) is 0 Å². The van der Waals surface area contributed by atoms with E-state index in [2.05, 4.69) is 220 Å². The predicted octanol–water partition coefficient (Wildman–Crippen LogP) is 13.4. The zero-order valence-corrected chi connectivity index (χ0v) is 36.5. The zero-order valence-electron chi connectivity index (χ0n) is 34.5. The van der Waals surface area contributed by atoms with Crippen molar-refractivity contribution in [1.82, 2.24) is 0 Å². The van der Waals surface area contributed by atoms with E-state index in [9.17, 15) is 0 Å². The summed E-state index contributed by atoms with van der Waals surface area (Å²) in [7, 11) is -4.33. The number of benzene rings is 10. The average Bonchev–Trinajstić information content (AvgIpc) is 3.29. The Morgan fingerprint density at radius 2 is 0.633 bits per heavy atom. The minimum Gasteiger partial charge on any atom is -0.0622 e. The Morgan fingerprint density at radius 3 is 1.07 bits per heavy atom. The van der Waals surface area contributed by atoms with Crippen LogP contribution in [0.15, 0.2) is 194 Å². The summed E-state index contributed by atoms with van der Waals surface area (Å²) < 4.78 is 0. The van der Waals surface area contributed by atoms with Crippen LogP contribution in [0.25, 0.3) is 99.1 Å². The monoisotopic (exact) mass is 796 g/mol. The van der Waals surface area contributed by atoms with Crippen molar-refractivity contribution in [1.29, 1.82) is 0 Å². The molecule has 0 spiro atoms. The second-order valence-corrected chi connectivity index (χ2v) is 26.6. The highest BCUT2D eigenvalue weighted by Gasteiger charge is 2.41.